The molecule has 2 aromatic rings. The lowest BCUT2D eigenvalue weighted by atomic mass is 9.95. The van der Waals surface area contributed by atoms with E-state index in [2.05, 4.69) is 15.8 Å². The Kier molecular flexibility index (Phi) is 9.90. The minimum absolute atomic E-state index is 0.0527. The summed E-state index contributed by atoms with van der Waals surface area (Å²) in [7, 11) is -2.24. The van der Waals surface area contributed by atoms with Crippen molar-refractivity contribution in [3.63, 3.8) is 0 Å². The Balaban J connectivity index is 1.51. The molecule has 0 radical (unpaired) electrons. The topological polar surface area (TPSA) is 126 Å². The highest BCUT2D eigenvalue weighted by molar-refractivity contribution is 7.92. The van der Waals surface area contributed by atoms with Gasteiger partial charge in [-0.2, -0.15) is 5.10 Å². The van der Waals surface area contributed by atoms with Gasteiger partial charge in [-0.3, -0.25) is 13.9 Å². The van der Waals surface area contributed by atoms with Gasteiger partial charge in [0.15, 0.2) is 6.61 Å². The number of nitrogens with zero attached hydrogens (tertiary/aromatic N) is 2. The summed E-state index contributed by atoms with van der Waals surface area (Å²) in [6, 6.07) is 12.4. The SMILES string of the molecule is COc1ccc(N([C@@H](C)C(=O)N/N=C\c2ccc(OCC(=O)NC3CCCCC3)cc2)S(C)(=O)=O)cc1. The molecule has 0 heterocycles. The van der Waals surface area contributed by atoms with Gasteiger partial charge in [0.1, 0.15) is 17.5 Å². The number of hydrogen-bond acceptors (Lipinski definition) is 7. The van der Waals surface area contributed by atoms with E-state index in [0.717, 1.165) is 36.2 Å². The first-order valence-electron chi connectivity index (χ1n) is 12.2. The number of methoxy groups -OCH3 is 1. The highest BCUT2D eigenvalue weighted by Crippen LogP contribution is 2.24. The first kappa shape index (κ1) is 28.0. The lowest BCUT2D eigenvalue weighted by Crippen LogP contribution is -2.46. The third kappa shape index (κ3) is 8.49. The molecule has 0 unspecified atom stereocenters. The van der Waals surface area contributed by atoms with Crippen LogP contribution in [0.15, 0.2) is 53.6 Å². The van der Waals surface area contributed by atoms with Crippen LogP contribution in [0.1, 0.15) is 44.6 Å². The molecule has 37 heavy (non-hydrogen) atoms. The van der Waals surface area contributed by atoms with E-state index in [0.29, 0.717) is 22.7 Å². The second-order valence-electron chi connectivity index (χ2n) is 8.93. The number of nitrogens with one attached hydrogen (secondary N) is 2. The molecule has 0 saturated heterocycles. The predicted octanol–water partition coefficient (Wildman–Crippen LogP) is 2.83. The van der Waals surface area contributed by atoms with E-state index >= 15 is 0 Å². The van der Waals surface area contributed by atoms with Gasteiger partial charge in [-0.05, 0) is 73.9 Å². The van der Waals surface area contributed by atoms with Gasteiger partial charge in [0.05, 0.1) is 25.3 Å². The van der Waals surface area contributed by atoms with Crippen LogP contribution in [0, 0.1) is 0 Å². The van der Waals surface area contributed by atoms with Gasteiger partial charge < -0.3 is 14.8 Å². The summed E-state index contributed by atoms with van der Waals surface area (Å²) in [6.45, 7) is 1.43. The third-order valence-electron chi connectivity index (χ3n) is 6.02. The summed E-state index contributed by atoms with van der Waals surface area (Å²) in [5.41, 5.74) is 3.40. The summed E-state index contributed by atoms with van der Waals surface area (Å²) in [6.07, 6.45) is 8.02. The Morgan fingerprint density at radius 2 is 1.68 bits per heavy atom. The standard InChI is InChI=1S/C26H34N4O6S/c1-19(30(37(3,33)34)22-11-15-23(35-2)16-12-22)26(32)29-27-17-20-9-13-24(14-10-20)36-18-25(31)28-21-7-5-4-6-8-21/h9-17,19,21H,4-8,18H2,1-3H3,(H,28,31)(H,29,32)/b27-17-/t19-/m0/s1. The monoisotopic (exact) mass is 530 g/mol. The Labute approximate surface area is 218 Å². The summed E-state index contributed by atoms with van der Waals surface area (Å²) in [4.78, 5) is 24.7. The van der Waals surface area contributed by atoms with Crippen molar-refractivity contribution < 1.29 is 27.5 Å². The number of amides is 2. The molecule has 2 N–H and O–H groups in total. The van der Waals surface area contributed by atoms with Crippen molar-refractivity contribution in [2.75, 3.05) is 24.3 Å². The van der Waals surface area contributed by atoms with Crippen molar-refractivity contribution in [1.82, 2.24) is 10.7 Å². The zero-order valence-electron chi connectivity index (χ0n) is 21.3. The molecule has 1 saturated carbocycles. The number of carbonyl (C=O) groups is 2. The maximum Gasteiger partial charge on any atom is 0.263 e. The van der Waals surface area contributed by atoms with Gasteiger partial charge in [0.2, 0.25) is 10.0 Å². The van der Waals surface area contributed by atoms with Crippen LogP contribution in [-0.2, 0) is 19.6 Å². The number of sulfonamides is 1. The second-order valence-corrected chi connectivity index (χ2v) is 10.8. The molecule has 0 spiro atoms. The molecule has 1 aliphatic carbocycles. The van der Waals surface area contributed by atoms with Gasteiger partial charge in [-0.15, -0.1) is 0 Å². The summed E-state index contributed by atoms with van der Waals surface area (Å²) in [5.74, 6) is 0.378. The maximum absolute atomic E-state index is 12.7. The molecule has 0 aromatic heterocycles. The molecule has 10 nitrogen and oxygen atoms in total. The highest BCUT2D eigenvalue weighted by atomic mass is 32.2. The average molecular weight is 531 g/mol. The molecule has 2 amide bonds. The lowest BCUT2D eigenvalue weighted by molar-refractivity contribution is -0.124. The Hall–Kier alpha value is -3.60. The van der Waals surface area contributed by atoms with E-state index in [1.165, 1.54) is 26.7 Å². The van der Waals surface area contributed by atoms with Gasteiger partial charge in [-0.1, -0.05) is 19.3 Å². The molecule has 1 aliphatic rings. The van der Waals surface area contributed by atoms with Gasteiger partial charge in [0.25, 0.3) is 11.8 Å². The van der Waals surface area contributed by atoms with Crippen LogP contribution in [0.3, 0.4) is 0 Å². The van der Waals surface area contributed by atoms with Crippen LogP contribution in [0.5, 0.6) is 11.5 Å². The number of hydrogen-bond donors (Lipinski definition) is 2. The molecule has 1 fully saturated rings. The van der Waals surface area contributed by atoms with E-state index in [1.807, 2.05) is 0 Å². The van der Waals surface area contributed by atoms with Crippen molar-refractivity contribution in [3.05, 3.63) is 54.1 Å². The quantitative estimate of drug-likeness (QED) is 0.340. The largest absolute Gasteiger partial charge is 0.497 e. The Morgan fingerprint density at radius 3 is 2.27 bits per heavy atom. The smallest absolute Gasteiger partial charge is 0.263 e. The number of anilines is 1. The van der Waals surface area contributed by atoms with E-state index in [-0.39, 0.29) is 18.6 Å². The number of hydrazone groups is 1. The fourth-order valence-corrected chi connectivity index (χ4v) is 5.29. The van der Waals surface area contributed by atoms with Crippen molar-refractivity contribution in [2.24, 2.45) is 5.10 Å². The van der Waals surface area contributed by atoms with Crippen molar-refractivity contribution in [3.8, 4) is 11.5 Å². The number of carbonyl (C=O) groups excluding carboxylic acids is 2. The molecule has 200 valence electrons. The first-order chi connectivity index (χ1) is 17.7. The van der Waals surface area contributed by atoms with Gasteiger partial charge in [0, 0.05) is 6.04 Å². The van der Waals surface area contributed by atoms with Crippen molar-refractivity contribution in [2.45, 2.75) is 51.1 Å². The number of rotatable bonds is 11. The van der Waals surface area contributed by atoms with Gasteiger partial charge in [-0.25, -0.2) is 13.8 Å². The van der Waals surface area contributed by atoms with E-state index in [9.17, 15) is 18.0 Å². The minimum atomic E-state index is -3.75. The summed E-state index contributed by atoms with van der Waals surface area (Å²) in [5, 5.41) is 6.95. The lowest BCUT2D eigenvalue weighted by Gasteiger charge is -2.27. The van der Waals surface area contributed by atoms with Crippen LogP contribution in [-0.4, -0.2) is 58.5 Å². The number of ether oxygens (including phenoxy) is 2. The predicted molar refractivity (Wildman–Crippen MR) is 142 cm³/mol. The molecule has 0 aliphatic heterocycles. The average Bonchev–Trinajstić information content (AvgIpc) is 2.88. The van der Waals surface area contributed by atoms with E-state index in [1.54, 1.807) is 48.5 Å². The van der Waals surface area contributed by atoms with Crippen LogP contribution in [0.4, 0.5) is 5.69 Å². The fraction of sp³-hybridized carbons (Fsp3) is 0.423. The minimum Gasteiger partial charge on any atom is -0.497 e. The molecular formula is C26H34N4O6S. The van der Waals surface area contributed by atoms with Crippen LogP contribution >= 0.6 is 0 Å². The second kappa shape index (κ2) is 13.1. The normalized spacial score (nSPS) is 15.1. The molecule has 2 aromatic carbocycles. The van der Waals surface area contributed by atoms with E-state index < -0.39 is 22.0 Å². The summed E-state index contributed by atoms with van der Waals surface area (Å²) < 4.78 is 36.5. The zero-order valence-corrected chi connectivity index (χ0v) is 22.2. The molecule has 0 bridgehead atoms. The third-order valence-corrected chi connectivity index (χ3v) is 7.27. The van der Waals surface area contributed by atoms with Crippen molar-refractivity contribution >= 4 is 33.7 Å². The molecular weight excluding hydrogens is 496 g/mol. The first-order valence-corrected chi connectivity index (χ1v) is 14.0. The maximum atomic E-state index is 12.7. The zero-order chi connectivity index (χ0) is 26.8. The Morgan fingerprint density at radius 1 is 1.05 bits per heavy atom. The van der Waals surface area contributed by atoms with Crippen LogP contribution in [0.2, 0.25) is 0 Å². The van der Waals surface area contributed by atoms with Crippen LogP contribution in [0.25, 0.3) is 0 Å². The Bertz CT molecular complexity index is 1180. The van der Waals surface area contributed by atoms with Crippen LogP contribution < -0.4 is 24.5 Å². The molecule has 3 rings (SSSR count). The molecule has 11 heteroatoms. The highest BCUT2D eigenvalue weighted by Gasteiger charge is 2.29. The van der Waals surface area contributed by atoms with Gasteiger partial charge >= 0.3 is 0 Å². The molecule has 1 atom stereocenters. The van der Waals surface area contributed by atoms with E-state index in [4.69, 9.17) is 9.47 Å². The van der Waals surface area contributed by atoms with Crippen molar-refractivity contribution in [1.29, 1.82) is 0 Å². The number of benzene rings is 2. The summed E-state index contributed by atoms with van der Waals surface area (Å²) >= 11 is 0. The fourth-order valence-electron chi connectivity index (χ4n) is 4.12.